The van der Waals surface area contributed by atoms with Crippen LogP contribution in [0.4, 0.5) is 0 Å². The van der Waals surface area contributed by atoms with Gasteiger partial charge >= 0.3 is 5.97 Å². The quantitative estimate of drug-likeness (QED) is 0.710. The lowest BCUT2D eigenvalue weighted by Gasteiger charge is -2.02. The van der Waals surface area contributed by atoms with Crippen molar-refractivity contribution in [2.75, 3.05) is 7.11 Å². The fourth-order valence-corrected chi connectivity index (χ4v) is 0.895. The highest BCUT2D eigenvalue weighted by Crippen LogP contribution is 2.25. The van der Waals surface area contributed by atoms with E-state index in [1.165, 1.54) is 25.3 Å². The van der Waals surface area contributed by atoms with Crippen LogP contribution in [0.1, 0.15) is 5.56 Å². The number of carbonyl (C=O) groups is 1. The van der Waals surface area contributed by atoms with E-state index < -0.39 is 5.97 Å². The first-order valence-electron chi connectivity index (χ1n) is 3.84. The van der Waals surface area contributed by atoms with Gasteiger partial charge in [0.1, 0.15) is 0 Å². The number of hydrogen-bond acceptors (Lipinski definition) is 3. The Labute approximate surface area is 81.1 Å². The van der Waals surface area contributed by atoms with Crippen LogP contribution in [0.2, 0.25) is 0 Å². The molecule has 0 atom stereocenters. The average molecular weight is 193 g/mol. The molecule has 14 heavy (non-hydrogen) atoms. The standard InChI is InChI=1S/C10H9O4/c1-14-9-6-7(2-4-8(9)11)3-5-10(12)13/h2-5,11H,1H3,(H,12,13). The van der Waals surface area contributed by atoms with E-state index >= 15 is 0 Å². The molecule has 73 valence electrons. The summed E-state index contributed by atoms with van der Waals surface area (Å²) in [6.07, 6.45) is 2.35. The fourth-order valence-electron chi connectivity index (χ4n) is 0.895. The van der Waals surface area contributed by atoms with Crippen LogP contribution in [0.15, 0.2) is 18.2 Å². The highest BCUT2D eigenvalue weighted by Gasteiger charge is 2.01. The van der Waals surface area contributed by atoms with Gasteiger partial charge < -0.3 is 14.9 Å². The second-order valence-corrected chi connectivity index (χ2v) is 2.50. The van der Waals surface area contributed by atoms with Gasteiger partial charge in [0.2, 0.25) is 0 Å². The Morgan fingerprint density at radius 3 is 2.86 bits per heavy atom. The van der Waals surface area contributed by atoms with E-state index in [2.05, 4.69) is 6.07 Å². The number of methoxy groups -OCH3 is 1. The summed E-state index contributed by atoms with van der Waals surface area (Å²) in [4.78, 5) is 10.2. The summed E-state index contributed by atoms with van der Waals surface area (Å²) in [6, 6.07) is 5.65. The van der Waals surface area contributed by atoms with Crippen LogP contribution in [-0.2, 0) is 4.79 Å². The molecule has 1 rings (SSSR count). The molecule has 0 fully saturated rings. The van der Waals surface area contributed by atoms with Gasteiger partial charge in [-0.3, -0.25) is 0 Å². The van der Waals surface area contributed by atoms with Crippen molar-refractivity contribution < 1.29 is 19.7 Å². The van der Waals surface area contributed by atoms with Gasteiger partial charge in [-0.15, -0.1) is 0 Å². The second-order valence-electron chi connectivity index (χ2n) is 2.50. The van der Waals surface area contributed by atoms with Crippen LogP contribution < -0.4 is 4.74 Å². The minimum Gasteiger partial charge on any atom is -0.504 e. The maximum absolute atomic E-state index is 10.2. The lowest BCUT2D eigenvalue weighted by Crippen LogP contribution is -1.87. The van der Waals surface area contributed by atoms with E-state index in [4.69, 9.17) is 9.84 Å². The third-order valence-corrected chi connectivity index (χ3v) is 1.52. The van der Waals surface area contributed by atoms with Gasteiger partial charge in [0.15, 0.2) is 11.5 Å². The lowest BCUT2D eigenvalue weighted by molar-refractivity contribution is -0.131. The summed E-state index contributed by atoms with van der Waals surface area (Å²) in [5.41, 5.74) is 0.530. The molecule has 0 amide bonds. The molecule has 4 heteroatoms. The predicted octanol–water partition coefficient (Wildman–Crippen LogP) is 1.30. The number of ether oxygens (including phenoxy) is 1. The highest BCUT2D eigenvalue weighted by molar-refractivity contribution is 5.85. The maximum Gasteiger partial charge on any atom is 0.328 e. The summed E-state index contributed by atoms with van der Waals surface area (Å²) in [6.45, 7) is 0. The molecule has 4 nitrogen and oxygen atoms in total. The van der Waals surface area contributed by atoms with Crippen LogP contribution >= 0.6 is 0 Å². The van der Waals surface area contributed by atoms with E-state index in [-0.39, 0.29) is 11.5 Å². The summed E-state index contributed by atoms with van der Waals surface area (Å²) in [5.74, 6) is -0.872. The maximum atomic E-state index is 10.2. The van der Waals surface area contributed by atoms with Crippen LogP contribution in [0.5, 0.6) is 11.5 Å². The lowest BCUT2D eigenvalue weighted by atomic mass is 10.2. The van der Waals surface area contributed by atoms with Crippen LogP contribution in [-0.4, -0.2) is 23.3 Å². The van der Waals surface area contributed by atoms with Gasteiger partial charge in [-0.2, -0.15) is 0 Å². The second kappa shape index (κ2) is 4.32. The zero-order chi connectivity index (χ0) is 10.6. The Bertz CT molecular complexity index is 368. The SMILES string of the molecule is COc1[c]c(C=CC(=O)O)ccc1O. The van der Waals surface area contributed by atoms with Gasteiger partial charge in [0, 0.05) is 12.1 Å². The van der Waals surface area contributed by atoms with Crippen LogP contribution in [0.3, 0.4) is 0 Å². The number of benzene rings is 1. The minimum atomic E-state index is -1.04. The van der Waals surface area contributed by atoms with Gasteiger partial charge in [0.05, 0.1) is 7.11 Å². The summed E-state index contributed by atoms with van der Waals surface area (Å²) in [7, 11) is 1.40. The van der Waals surface area contributed by atoms with Crippen molar-refractivity contribution in [1.29, 1.82) is 0 Å². The van der Waals surface area contributed by atoms with Crippen molar-refractivity contribution in [1.82, 2.24) is 0 Å². The Morgan fingerprint density at radius 1 is 1.57 bits per heavy atom. The number of rotatable bonds is 3. The molecule has 0 saturated carbocycles. The van der Waals surface area contributed by atoms with Crippen molar-refractivity contribution >= 4 is 12.0 Å². The molecule has 0 heterocycles. The number of carboxylic acids is 1. The fraction of sp³-hybridized carbons (Fsp3) is 0.100. The molecule has 0 spiro atoms. The van der Waals surface area contributed by atoms with E-state index in [0.29, 0.717) is 5.56 Å². The van der Waals surface area contributed by atoms with E-state index in [1.807, 2.05) is 0 Å². The molecule has 1 aromatic carbocycles. The first-order chi connectivity index (χ1) is 6.63. The zero-order valence-corrected chi connectivity index (χ0v) is 7.52. The van der Waals surface area contributed by atoms with Crippen LogP contribution in [0, 0.1) is 6.07 Å². The Morgan fingerprint density at radius 2 is 2.29 bits per heavy atom. The van der Waals surface area contributed by atoms with Crippen molar-refractivity contribution in [2.24, 2.45) is 0 Å². The number of aliphatic carboxylic acids is 1. The van der Waals surface area contributed by atoms with E-state index in [0.717, 1.165) is 6.08 Å². The molecule has 0 unspecified atom stereocenters. The largest absolute Gasteiger partial charge is 0.504 e. The summed E-state index contributed by atoms with van der Waals surface area (Å²) >= 11 is 0. The van der Waals surface area contributed by atoms with Gasteiger partial charge in [-0.05, 0) is 17.7 Å². The molecule has 0 aliphatic carbocycles. The van der Waals surface area contributed by atoms with Crippen molar-refractivity contribution in [3.8, 4) is 11.5 Å². The van der Waals surface area contributed by atoms with E-state index in [9.17, 15) is 9.90 Å². The third-order valence-electron chi connectivity index (χ3n) is 1.52. The van der Waals surface area contributed by atoms with Crippen molar-refractivity contribution in [2.45, 2.75) is 0 Å². The summed E-state index contributed by atoms with van der Waals surface area (Å²) in [5, 5.41) is 17.6. The Balaban J connectivity index is 2.95. The topological polar surface area (TPSA) is 66.8 Å². The van der Waals surface area contributed by atoms with Gasteiger partial charge in [0.25, 0.3) is 0 Å². The smallest absolute Gasteiger partial charge is 0.328 e. The molecule has 0 aliphatic heterocycles. The summed E-state index contributed by atoms with van der Waals surface area (Å²) < 4.78 is 4.81. The number of phenolic OH excluding ortho intramolecular Hbond substituents is 1. The number of aromatic hydroxyl groups is 1. The predicted molar refractivity (Wildman–Crippen MR) is 50.2 cm³/mol. The highest BCUT2D eigenvalue weighted by atomic mass is 16.5. The van der Waals surface area contributed by atoms with Crippen LogP contribution in [0.25, 0.3) is 6.08 Å². The van der Waals surface area contributed by atoms with Crippen molar-refractivity contribution in [3.05, 3.63) is 29.8 Å². The monoisotopic (exact) mass is 193 g/mol. The van der Waals surface area contributed by atoms with Crippen molar-refractivity contribution in [3.63, 3.8) is 0 Å². The molecule has 0 bridgehead atoms. The van der Waals surface area contributed by atoms with E-state index in [1.54, 1.807) is 0 Å². The molecule has 0 aromatic heterocycles. The molecule has 2 N–H and O–H groups in total. The number of carboxylic acid groups (broad SMARTS) is 1. The molecule has 0 saturated heterocycles. The first kappa shape index (κ1) is 10.1. The molecular formula is C10H9O4. The van der Waals surface area contributed by atoms with Gasteiger partial charge in [-0.25, -0.2) is 4.79 Å². The Kier molecular flexibility index (Phi) is 3.12. The molecule has 1 radical (unpaired) electrons. The molecule has 1 aromatic rings. The van der Waals surface area contributed by atoms with Gasteiger partial charge in [-0.1, -0.05) is 6.07 Å². The normalized spacial score (nSPS) is 10.4. The Hall–Kier alpha value is -1.97. The molecular weight excluding hydrogens is 184 g/mol. The number of hydrogen-bond donors (Lipinski definition) is 2. The third kappa shape index (κ3) is 2.52. The average Bonchev–Trinajstić information content (AvgIpc) is 2.16. The zero-order valence-electron chi connectivity index (χ0n) is 7.52. The molecule has 0 aliphatic rings. The minimum absolute atomic E-state index is 0.0278. The first-order valence-corrected chi connectivity index (χ1v) is 3.84. The number of phenols is 1.